The van der Waals surface area contributed by atoms with Crippen molar-refractivity contribution in [3.8, 4) is 5.75 Å². The van der Waals surface area contributed by atoms with E-state index in [1.54, 1.807) is 25.1 Å². The molecule has 2 aliphatic rings. The number of carbonyl (C=O) groups excluding carboxylic acids is 2. The van der Waals surface area contributed by atoms with Crippen molar-refractivity contribution in [2.45, 2.75) is 51.2 Å². The summed E-state index contributed by atoms with van der Waals surface area (Å²) in [6, 6.07) is 4.54. The van der Waals surface area contributed by atoms with Crippen LogP contribution in [0.3, 0.4) is 0 Å². The molecule has 7 nitrogen and oxygen atoms in total. The number of nitrogens with one attached hydrogen (secondary N) is 2. The van der Waals surface area contributed by atoms with Crippen LogP contribution in [0.5, 0.6) is 5.75 Å². The lowest BCUT2D eigenvalue weighted by Gasteiger charge is -2.27. The molecule has 25 heavy (non-hydrogen) atoms. The summed E-state index contributed by atoms with van der Waals surface area (Å²) in [6.45, 7) is 1.61. The van der Waals surface area contributed by atoms with Crippen LogP contribution in [0.25, 0.3) is 0 Å². The van der Waals surface area contributed by atoms with E-state index in [1.807, 2.05) is 0 Å². The first-order valence-corrected chi connectivity index (χ1v) is 8.61. The molecule has 0 bridgehead atoms. The Labute approximate surface area is 145 Å². The molecule has 1 aliphatic heterocycles. The van der Waals surface area contributed by atoms with Crippen molar-refractivity contribution < 1.29 is 24.2 Å². The van der Waals surface area contributed by atoms with Crippen LogP contribution >= 0.6 is 0 Å². The van der Waals surface area contributed by atoms with Crippen molar-refractivity contribution in [3.63, 3.8) is 0 Å². The van der Waals surface area contributed by atoms with Gasteiger partial charge in [-0.3, -0.25) is 14.4 Å². The minimum absolute atomic E-state index is 0.264. The van der Waals surface area contributed by atoms with Crippen LogP contribution in [0.1, 0.15) is 49.4 Å². The maximum atomic E-state index is 12.8. The smallest absolute Gasteiger partial charge is 0.308 e. The van der Waals surface area contributed by atoms with Gasteiger partial charge in [-0.25, -0.2) is 0 Å². The van der Waals surface area contributed by atoms with Crippen LogP contribution in [-0.4, -0.2) is 35.0 Å². The van der Waals surface area contributed by atoms with Gasteiger partial charge in [0, 0.05) is 6.04 Å². The third-order valence-electron chi connectivity index (χ3n) is 4.83. The zero-order chi connectivity index (χ0) is 18.0. The van der Waals surface area contributed by atoms with Crippen molar-refractivity contribution >= 4 is 23.5 Å². The predicted molar refractivity (Wildman–Crippen MR) is 90.6 cm³/mol. The fourth-order valence-corrected chi connectivity index (χ4v) is 3.43. The van der Waals surface area contributed by atoms with Crippen molar-refractivity contribution in [1.82, 2.24) is 5.32 Å². The first-order chi connectivity index (χ1) is 12.0. The number of anilines is 1. The quantitative estimate of drug-likeness (QED) is 0.728. The number of aliphatic carboxylic acids is 1. The lowest BCUT2D eigenvalue weighted by atomic mass is 9.94. The molecule has 3 atom stereocenters. The van der Waals surface area contributed by atoms with E-state index < -0.39 is 24.0 Å². The third-order valence-corrected chi connectivity index (χ3v) is 4.83. The second kappa shape index (κ2) is 7.13. The molecule has 1 heterocycles. The number of ether oxygens (including phenoxy) is 1. The minimum atomic E-state index is -0.876. The number of para-hydroxylation sites is 1. The fraction of sp³-hybridized carbons (Fsp3) is 0.500. The van der Waals surface area contributed by atoms with E-state index in [9.17, 15) is 19.5 Å². The molecule has 1 aromatic carbocycles. The van der Waals surface area contributed by atoms with E-state index in [0.717, 1.165) is 19.3 Å². The van der Waals surface area contributed by atoms with Crippen molar-refractivity contribution in [1.29, 1.82) is 0 Å². The maximum absolute atomic E-state index is 12.8. The molecule has 7 heteroatoms. The molecule has 0 saturated heterocycles. The summed E-state index contributed by atoms with van der Waals surface area (Å²) < 4.78 is 5.60. The highest BCUT2D eigenvalue weighted by atomic mass is 16.5. The molecule has 1 aromatic rings. The average molecular weight is 346 g/mol. The maximum Gasteiger partial charge on any atom is 0.308 e. The molecule has 0 aromatic heterocycles. The van der Waals surface area contributed by atoms with Gasteiger partial charge in [0.1, 0.15) is 0 Å². The third kappa shape index (κ3) is 3.60. The normalized spacial score (nSPS) is 25.8. The molecule has 3 rings (SSSR count). The Morgan fingerprint density at radius 2 is 2.00 bits per heavy atom. The Balaban J connectivity index is 1.83. The van der Waals surface area contributed by atoms with Gasteiger partial charge in [-0.05, 0) is 31.9 Å². The van der Waals surface area contributed by atoms with Crippen LogP contribution in [-0.2, 0) is 9.59 Å². The molecule has 1 fully saturated rings. The number of carboxylic acid groups (broad SMARTS) is 1. The highest BCUT2D eigenvalue weighted by Gasteiger charge is 2.33. The average Bonchev–Trinajstić information content (AvgIpc) is 2.81. The van der Waals surface area contributed by atoms with Gasteiger partial charge < -0.3 is 20.5 Å². The SMILES string of the molecule is CC1Oc2c(cccc2C(=O)N[C@H]2CCCCC[C@H]2C(=O)O)NC1=O. The first kappa shape index (κ1) is 17.3. The van der Waals surface area contributed by atoms with E-state index in [0.29, 0.717) is 29.8 Å². The summed E-state index contributed by atoms with van der Waals surface area (Å²) in [5.41, 5.74) is 0.754. The van der Waals surface area contributed by atoms with Gasteiger partial charge in [0.05, 0.1) is 17.2 Å². The minimum Gasteiger partial charge on any atom is -0.481 e. The molecule has 0 spiro atoms. The van der Waals surface area contributed by atoms with Crippen LogP contribution < -0.4 is 15.4 Å². The number of carbonyl (C=O) groups is 3. The Hall–Kier alpha value is -2.57. The number of fused-ring (bicyclic) bond motifs is 1. The number of amides is 2. The van der Waals surface area contributed by atoms with E-state index in [-0.39, 0.29) is 11.8 Å². The van der Waals surface area contributed by atoms with E-state index in [2.05, 4.69) is 10.6 Å². The molecule has 3 N–H and O–H groups in total. The van der Waals surface area contributed by atoms with Crippen molar-refractivity contribution in [2.75, 3.05) is 5.32 Å². The largest absolute Gasteiger partial charge is 0.481 e. The summed E-state index contributed by atoms with van der Waals surface area (Å²) >= 11 is 0. The van der Waals surface area contributed by atoms with Gasteiger partial charge in [0.15, 0.2) is 11.9 Å². The van der Waals surface area contributed by atoms with E-state index in [4.69, 9.17) is 4.74 Å². The summed E-state index contributed by atoms with van der Waals surface area (Å²) in [5.74, 6) is -1.77. The molecule has 1 saturated carbocycles. The first-order valence-electron chi connectivity index (χ1n) is 8.61. The number of rotatable bonds is 3. The van der Waals surface area contributed by atoms with Crippen LogP contribution in [0.2, 0.25) is 0 Å². The zero-order valence-electron chi connectivity index (χ0n) is 14.1. The number of benzene rings is 1. The molecule has 134 valence electrons. The fourth-order valence-electron chi connectivity index (χ4n) is 3.43. The van der Waals surface area contributed by atoms with Gasteiger partial charge >= 0.3 is 5.97 Å². The van der Waals surface area contributed by atoms with E-state index >= 15 is 0 Å². The topological polar surface area (TPSA) is 105 Å². The standard InChI is InChI=1S/C18H22N2O5/c1-10-16(21)20-14-9-5-7-12(15(14)25-10)17(22)19-13-8-4-2-3-6-11(13)18(23)24/h5,7,9-11,13H,2-4,6,8H2,1H3,(H,19,22)(H,20,21)(H,23,24)/t10?,11-,13+/m1/s1. The monoisotopic (exact) mass is 346 g/mol. The Bertz CT molecular complexity index is 703. The van der Waals surface area contributed by atoms with Crippen molar-refractivity contribution in [2.24, 2.45) is 5.92 Å². The highest BCUT2D eigenvalue weighted by Crippen LogP contribution is 2.33. The summed E-state index contributed by atoms with van der Waals surface area (Å²) in [4.78, 5) is 36.0. The van der Waals surface area contributed by atoms with Crippen LogP contribution in [0.4, 0.5) is 5.69 Å². The summed E-state index contributed by atoms with van der Waals surface area (Å²) in [7, 11) is 0. The lowest BCUT2D eigenvalue weighted by molar-refractivity contribution is -0.142. The number of carboxylic acids is 1. The van der Waals surface area contributed by atoms with Gasteiger partial charge in [-0.15, -0.1) is 0 Å². The van der Waals surface area contributed by atoms with Gasteiger partial charge in [-0.2, -0.15) is 0 Å². The number of hydrogen-bond donors (Lipinski definition) is 3. The Kier molecular flexibility index (Phi) is 4.92. The molecule has 2 amide bonds. The highest BCUT2D eigenvalue weighted by molar-refractivity contribution is 6.04. The van der Waals surface area contributed by atoms with Gasteiger partial charge in [0.25, 0.3) is 11.8 Å². The Morgan fingerprint density at radius 1 is 1.24 bits per heavy atom. The molecule has 0 radical (unpaired) electrons. The molecule has 1 aliphatic carbocycles. The summed E-state index contributed by atoms with van der Waals surface area (Å²) in [5, 5.41) is 15.0. The van der Waals surface area contributed by atoms with E-state index in [1.165, 1.54) is 0 Å². The van der Waals surface area contributed by atoms with Gasteiger partial charge in [-0.1, -0.05) is 25.3 Å². The van der Waals surface area contributed by atoms with Crippen LogP contribution in [0, 0.1) is 5.92 Å². The molecule has 1 unspecified atom stereocenters. The molecular weight excluding hydrogens is 324 g/mol. The second-order valence-electron chi connectivity index (χ2n) is 6.59. The molecular formula is C18H22N2O5. The Morgan fingerprint density at radius 3 is 2.76 bits per heavy atom. The predicted octanol–water partition coefficient (Wildman–Crippen LogP) is 2.17. The number of hydrogen-bond acceptors (Lipinski definition) is 4. The van der Waals surface area contributed by atoms with Crippen LogP contribution in [0.15, 0.2) is 18.2 Å². The lowest BCUT2D eigenvalue weighted by Crippen LogP contribution is -2.43. The van der Waals surface area contributed by atoms with Gasteiger partial charge in [0.2, 0.25) is 0 Å². The second-order valence-corrected chi connectivity index (χ2v) is 6.59. The zero-order valence-corrected chi connectivity index (χ0v) is 14.1. The van der Waals surface area contributed by atoms with Crippen molar-refractivity contribution in [3.05, 3.63) is 23.8 Å². The summed E-state index contributed by atoms with van der Waals surface area (Å²) in [6.07, 6.45) is 3.25.